The van der Waals surface area contributed by atoms with Crippen molar-refractivity contribution in [1.29, 1.82) is 10.5 Å². The summed E-state index contributed by atoms with van der Waals surface area (Å²) >= 11 is 0. The Morgan fingerprint density at radius 3 is 0.950 bits per heavy atom. The molecular weight excluding hydrogens is 729 g/mol. The van der Waals surface area contributed by atoms with E-state index in [4.69, 9.17) is 0 Å². The van der Waals surface area contributed by atoms with Gasteiger partial charge in [-0.25, -0.2) is 0 Å². The molecule has 60 heavy (non-hydrogen) atoms. The summed E-state index contributed by atoms with van der Waals surface area (Å²) in [6, 6.07) is 76.8. The molecule has 0 N–H and O–H groups in total. The van der Waals surface area contributed by atoms with Crippen LogP contribution in [-0.4, -0.2) is 9.13 Å². The third kappa shape index (κ3) is 5.67. The van der Waals surface area contributed by atoms with Crippen LogP contribution in [0.3, 0.4) is 0 Å². The molecule has 0 fully saturated rings. The molecule has 0 atom stereocenters. The van der Waals surface area contributed by atoms with E-state index in [9.17, 15) is 10.5 Å². The number of rotatable bonds is 6. The molecule has 0 unspecified atom stereocenters. The lowest BCUT2D eigenvalue weighted by Crippen LogP contribution is -2.07. The molecule has 2 aromatic heterocycles. The maximum absolute atomic E-state index is 11.1. The summed E-state index contributed by atoms with van der Waals surface area (Å²) in [6.45, 7) is 0. The lowest BCUT2D eigenvalue weighted by molar-refractivity contribution is 1.08. The monoisotopic (exact) mass is 762 g/mol. The molecule has 9 aromatic carbocycles. The number of benzene rings is 9. The molecule has 4 nitrogen and oxygen atoms in total. The Kier molecular flexibility index (Phi) is 8.22. The van der Waals surface area contributed by atoms with Crippen molar-refractivity contribution >= 4 is 43.6 Å². The van der Waals surface area contributed by atoms with Crippen LogP contribution in [0.5, 0.6) is 0 Å². The van der Waals surface area contributed by atoms with Gasteiger partial charge in [-0.2, -0.15) is 10.5 Å². The van der Waals surface area contributed by atoms with Gasteiger partial charge in [0.1, 0.15) is 6.07 Å². The second-order valence-electron chi connectivity index (χ2n) is 15.2. The molecule has 4 heteroatoms. The Hall–Kier alpha value is -8.44. The van der Waals surface area contributed by atoms with Crippen molar-refractivity contribution in [2.75, 3.05) is 0 Å². The van der Waals surface area contributed by atoms with Gasteiger partial charge in [-0.3, -0.25) is 0 Å². The standard InChI is InChI=1S/C56H34N4/c57-35-37-29-46(36-58)56(60-53-27-23-44(40-17-9-3-10-18-40)33-49(53)50-34-45(24-28-54(50)60)41-19-11-4-12-20-41)55(30-37)59-51-25-21-42(38-13-5-1-6-14-38)31-47(51)48-32-43(22-26-52(48)59)39-15-7-2-8-16-39/h1-34H. The minimum Gasteiger partial charge on any atom is -0.307 e. The molecule has 278 valence electrons. The van der Waals surface area contributed by atoms with Crippen LogP contribution in [0.4, 0.5) is 0 Å². The van der Waals surface area contributed by atoms with Gasteiger partial charge in [-0.05, 0) is 105 Å². The van der Waals surface area contributed by atoms with Crippen molar-refractivity contribution in [3.63, 3.8) is 0 Å². The van der Waals surface area contributed by atoms with Gasteiger partial charge in [0, 0.05) is 21.5 Å². The molecular formula is C56H34N4. The largest absolute Gasteiger partial charge is 0.307 e. The first kappa shape index (κ1) is 34.8. The first-order valence-electron chi connectivity index (χ1n) is 20.0. The highest BCUT2D eigenvalue weighted by Crippen LogP contribution is 2.43. The predicted octanol–water partition coefficient (Wildman–Crippen LogP) is 14.3. The van der Waals surface area contributed by atoms with Gasteiger partial charge in [-0.1, -0.05) is 146 Å². The second-order valence-corrected chi connectivity index (χ2v) is 15.2. The van der Waals surface area contributed by atoms with Gasteiger partial charge in [0.2, 0.25) is 0 Å². The molecule has 0 aliphatic carbocycles. The number of aromatic nitrogens is 2. The van der Waals surface area contributed by atoms with Gasteiger partial charge >= 0.3 is 0 Å². The Bertz CT molecular complexity index is 3340. The van der Waals surface area contributed by atoms with Crippen LogP contribution in [-0.2, 0) is 0 Å². The third-order valence-electron chi connectivity index (χ3n) is 11.8. The number of hydrogen-bond acceptors (Lipinski definition) is 2. The summed E-state index contributed by atoms with van der Waals surface area (Å²) in [7, 11) is 0. The van der Waals surface area contributed by atoms with E-state index in [2.05, 4.69) is 191 Å². The zero-order valence-electron chi connectivity index (χ0n) is 32.4. The lowest BCUT2D eigenvalue weighted by Gasteiger charge is -2.19. The molecule has 0 aliphatic heterocycles. The van der Waals surface area contributed by atoms with Crippen molar-refractivity contribution in [1.82, 2.24) is 9.13 Å². The number of nitrogens with zero attached hydrogens (tertiary/aromatic N) is 4. The van der Waals surface area contributed by atoms with Crippen molar-refractivity contribution in [2.24, 2.45) is 0 Å². The minimum atomic E-state index is 0.416. The average molecular weight is 763 g/mol. The molecule has 0 amide bonds. The van der Waals surface area contributed by atoms with Crippen LogP contribution in [0.2, 0.25) is 0 Å². The zero-order chi connectivity index (χ0) is 40.2. The topological polar surface area (TPSA) is 57.4 Å². The fourth-order valence-corrected chi connectivity index (χ4v) is 8.96. The van der Waals surface area contributed by atoms with Crippen LogP contribution in [0.25, 0.3) is 99.5 Å². The summed E-state index contributed by atoms with van der Waals surface area (Å²) in [6.07, 6.45) is 0. The van der Waals surface area contributed by atoms with E-state index >= 15 is 0 Å². The lowest BCUT2D eigenvalue weighted by atomic mass is 10.0. The van der Waals surface area contributed by atoms with Gasteiger partial charge in [-0.15, -0.1) is 0 Å². The van der Waals surface area contributed by atoms with Crippen molar-refractivity contribution in [2.45, 2.75) is 0 Å². The first-order chi connectivity index (χ1) is 29.7. The highest BCUT2D eigenvalue weighted by atomic mass is 15.1. The molecule has 2 heterocycles. The molecule has 0 radical (unpaired) electrons. The second kappa shape index (κ2) is 14.2. The van der Waals surface area contributed by atoms with Gasteiger partial charge in [0.05, 0.1) is 50.6 Å². The van der Waals surface area contributed by atoms with Gasteiger partial charge in [0.15, 0.2) is 0 Å². The Morgan fingerprint density at radius 2 is 0.633 bits per heavy atom. The average Bonchev–Trinajstić information content (AvgIpc) is 3.83. The Labute approximate surface area is 347 Å². The molecule has 0 aliphatic rings. The fourth-order valence-electron chi connectivity index (χ4n) is 8.96. The summed E-state index contributed by atoms with van der Waals surface area (Å²) in [5.74, 6) is 0. The van der Waals surface area contributed by atoms with Crippen molar-refractivity contribution in [3.05, 3.63) is 217 Å². The zero-order valence-corrected chi connectivity index (χ0v) is 32.4. The summed E-state index contributed by atoms with van der Waals surface area (Å²) < 4.78 is 4.48. The summed E-state index contributed by atoms with van der Waals surface area (Å²) in [5, 5.41) is 25.9. The van der Waals surface area contributed by atoms with E-state index in [1.165, 1.54) is 0 Å². The minimum absolute atomic E-state index is 0.416. The molecule has 0 saturated carbocycles. The van der Waals surface area contributed by atoms with E-state index in [1.807, 2.05) is 30.3 Å². The van der Waals surface area contributed by atoms with E-state index in [0.29, 0.717) is 11.1 Å². The molecule has 11 rings (SSSR count). The Morgan fingerprint density at radius 1 is 0.300 bits per heavy atom. The highest BCUT2D eigenvalue weighted by Gasteiger charge is 2.24. The SMILES string of the molecule is N#Cc1cc(C#N)c(-n2c3ccc(-c4ccccc4)cc3c3cc(-c4ccccc4)ccc32)c(-n2c3ccc(-c4ccccc4)cc3c3cc(-c4ccccc4)ccc32)c1. The quantitative estimate of drug-likeness (QED) is 0.169. The highest BCUT2D eigenvalue weighted by molar-refractivity contribution is 6.14. The normalized spacial score (nSPS) is 11.3. The van der Waals surface area contributed by atoms with Crippen LogP contribution in [0.15, 0.2) is 206 Å². The fraction of sp³-hybridized carbons (Fsp3) is 0. The third-order valence-corrected chi connectivity index (χ3v) is 11.8. The smallest absolute Gasteiger partial charge is 0.101 e. The number of fused-ring (bicyclic) bond motifs is 6. The maximum Gasteiger partial charge on any atom is 0.101 e. The van der Waals surface area contributed by atoms with E-state index < -0.39 is 0 Å². The number of nitriles is 2. The van der Waals surface area contributed by atoms with Crippen LogP contribution >= 0.6 is 0 Å². The van der Waals surface area contributed by atoms with Gasteiger partial charge < -0.3 is 9.13 Å². The van der Waals surface area contributed by atoms with Crippen molar-refractivity contribution in [3.8, 4) is 68.0 Å². The number of hydrogen-bond donors (Lipinski definition) is 0. The van der Waals surface area contributed by atoms with E-state index in [1.54, 1.807) is 6.07 Å². The molecule has 11 aromatic rings. The predicted molar refractivity (Wildman–Crippen MR) is 246 cm³/mol. The first-order valence-corrected chi connectivity index (χ1v) is 20.0. The van der Waals surface area contributed by atoms with Crippen molar-refractivity contribution < 1.29 is 0 Å². The Balaban J connectivity index is 1.25. The van der Waals surface area contributed by atoms with Crippen LogP contribution < -0.4 is 0 Å². The van der Waals surface area contributed by atoms with Gasteiger partial charge in [0.25, 0.3) is 0 Å². The van der Waals surface area contributed by atoms with E-state index in [-0.39, 0.29) is 0 Å². The summed E-state index contributed by atoms with van der Waals surface area (Å²) in [5.41, 5.74) is 15.2. The molecule has 0 bridgehead atoms. The molecule has 0 saturated heterocycles. The van der Waals surface area contributed by atoms with Crippen LogP contribution in [0, 0.1) is 22.7 Å². The van der Waals surface area contributed by atoms with E-state index in [0.717, 1.165) is 99.5 Å². The maximum atomic E-state index is 11.1. The molecule has 0 spiro atoms. The summed E-state index contributed by atoms with van der Waals surface area (Å²) in [4.78, 5) is 0. The van der Waals surface area contributed by atoms with Crippen LogP contribution in [0.1, 0.15) is 11.1 Å².